The number of quaternary nitrogens is 2. The van der Waals surface area contributed by atoms with Crippen LogP contribution in [0.3, 0.4) is 0 Å². The number of benzene rings is 2. The van der Waals surface area contributed by atoms with Crippen LogP contribution in [-0.4, -0.2) is 47.5 Å². The van der Waals surface area contributed by atoms with Gasteiger partial charge in [0.05, 0.1) is 47.5 Å². The molecule has 1 heterocycles. The van der Waals surface area contributed by atoms with Gasteiger partial charge in [-0.25, -0.2) is 0 Å². The van der Waals surface area contributed by atoms with E-state index in [1.165, 1.54) is 30.5 Å². The first-order chi connectivity index (χ1) is 14.9. The van der Waals surface area contributed by atoms with Crippen LogP contribution in [0.4, 0.5) is 0 Å². The number of hydrogen-bond acceptors (Lipinski definition) is 3. The van der Waals surface area contributed by atoms with Crippen LogP contribution in [0.1, 0.15) is 37.8 Å². The molecule has 5 nitrogen and oxygen atoms in total. The van der Waals surface area contributed by atoms with Crippen LogP contribution in [-0.2, 0) is 12.0 Å². The molecule has 0 radical (unpaired) electrons. The molecule has 2 aromatic carbocycles. The molecule has 4 atom stereocenters. The standard InChI is InChI=1S/C26H38N2O3/c1-19-18-28(3)20(2)16-26(19,22-8-10-23(29-4)11-9-22)13-14-27-17-21-7-12-24(30-5)25(15-21)31-6/h7-12,15,19-20,27H,13-14,16-18H2,1-6H3/p+2/t19-,20-,26-/m1/s1. The van der Waals surface area contributed by atoms with Gasteiger partial charge in [0, 0.05) is 29.7 Å². The van der Waals surface area contributed by atoms with Crippen molar-refractivity contribution in [3.8, 4) is 17.2 Å². The molecule has 5 heteroatoms. The fourth-order valence-corrected chi connectivity index (χ4v) is 5.26. The van der Waals surface area contributed by atoms with Crippen molar-refractivity contribution in [2.45, 2.75) is 44.7 Å². The fraction of sp³-hybridized carbons (Fsp3) is 0.538. The Morgan fingerprint density at radius 2 is 1.68 bits per heavy atom. The maximum Gasteiger partial charge on any atom is 0.161 e. The number of likely N-dealkylation sites (tertiary alicyclic amines) is 1. The predicted molar refractivity (Wildman–Crippen MR) is 124 cm³/mol. The summed E-state index contributed by atoms with van der Waals surface area (Å²) in [6.07, 6.45) is 2.39. The molecule has 1 aliphatic heterocycles. The van der Waals surface area contributed by atoms with Gasteiger partial charge < -0.3 is 24.4 Å². The van der Waals surface area contributed by atoms with Crippen molar-refractivity contribution in [1.82, 2.24) is 0 Å². The zero-order valence-corrected chi connectivity index (χ0v) is 20.0. The van der Waals surface area contributed by atoms with Gasteiger partial charge in [0.25, 0.3) is 0 Å². The van der Waals surface area contributed by atoms with Gasteiger partial charge >= 0.3 is 0 Å². The van der Waals surface area contributed by atoms with E-state index in [1.807, 2.05) is 6.07 Å². The lowest BCUT2D eigenvalue weighted by molar-refractivity contribution is -0.915. The number of methoxy groups -OCH3 is 3. The molecule has 1 fully saturated rings. The van der Waals surface area contributed by atoms with E-state index in [1.54, 1.807) is 26.2 Å². The van der Waals surface area contributed by atoms with Crippen LogP contribution in [0.2, 0.25) is 0 Å². The number of ether oxygens (including phenoxy) is 3. The smallest absolute Gasteiger partial charge is 0.161 e. The molecule has 0 bridgehead atoms. The highest BCUT2D eigenvalue weighted by Crippen LogP contribution is 2.41. The van der Waals surface area contributed by atoms with E-state index in [-0.39, 0.29) is 5.41 Å². The van der Waals surface area contributed by atoms with Crippen LogP contribution in [0.5, 0.6) is 17.2 Å². The highest BCUT2D eigenvalue weighted by molar-refractivity contribution is 5.42. The molecular weight excluding hydrogens is 388 g/mol. The van der Waals surface area contributed by atoms with E-state index in [2.05, 4.69) is 62.6 Å². The van der Waals surface area contributed by atoms with Crippen LogP contribution in [0, 0.1) is 5.92 Å². The third-order valence-electron chi connectivity index (χ3n) is 7.37. The Kier molecular flexibility index (Phi) is 7.84. The highest BCUT2D eigenvalue weighted by atomic mass is 16.5. The molecule has 31 heavy (non-hydrogen) atoms. The van der Waals surface area contributed by atoms with Crippen molar-refractivity contribution in [3.05, 3.63) is 53.6 Å². The Labute approximate surface area is 187 Å². The lowest BCUT2D eigenvalue weighted by atomic mass is 9.63. The summed E-state index contributed by atoms with van der Waals surface area (Å²) in [6.45, 7) is 8.08. The first-order valence-electron chi connectivity index (χ1n) is 11.4. The Bertz CT molecular complexity index is 839. The van der Waals surface area contributed by atoms with Gasteiger partial charge in [0.2, 0.25) is 0 Å². The average Bonchev–Trinajstić information content (AvgIpc) is 2.79. The number of piperidine rings is 1. The Balaban J connectivity index is 1.72. The summed E-state index contributed by atoms with van der Waals surface area (Å²) in [5.74, 6) is 3.13. The number of nitrogens with two attached hydrogens (primary N) is 1. The van der Waals surface area contributed by atoms with E-state index in [0.29, 0.717) is 12.0 Å². The zero-order chi connectivity index (χ0) is 22.4. The average molecular weight is 429 g/mol. The van der Waals surface area contributed by atoms with E-state index in [4.69, 9.17) is 14.2 Å². The minimum Gasteiger partial charge on any atom is -0.497 e. The maximum absolute atomic E-state index is 5.46. The quantitative estimate of drug-likeness (QED) is 0.601. The maximum atomic E-state index is 5.46. The summed E-state index contributed by atoms with van der Waals surface area (Å²) in [5, 5.41) is 2.43. The second-order valence-corrected chi connectivity index (χ2v) is 9.16. The van der Waals surface area contributed by atoms with Gasteiger partial charge in [-0.15, -0.1) is 0 Å². The monoisotopic (exact) mass is 428 g/mol. The van der Waals surface area contributed by atoms with Crippen molar-refractivity contribution in [3.63, 3.8) is 0 Å². The van der Waals surface area contributed by atoms with Crippen molar-refractivity contribution >= 4 is 0 Å². The topological polar surface area (TPSA) is 48.7 Å². The van der Waals surface area contributed by atoms with Crippen molar-refractivity contribution in [2.75, 3.05) is 41.5 Å². The molecule has 1 aliphatic rings. The Morgan fingerprint density at radius 1 is 0.968 bits per heavy atom. The lowest BCUT2D eigenvalue weighted by Gasteiger charge is -2.47. The molecule has 0 aromatic heterocycles. The van der Waals surface area contributed by atoms with E-state index in [0.717, 1.165) is 30.3 Å². The molecule has 0 amide bonds. The van der Waals surface area contributed by atoms with E-state index in [9.17, 15) is 0 Å². The zero-order valence-electron chi connectivity index (χ0n) is 20.0. The lowest BCUT2D eigenvalue weighted by Crippen LogP contribution is -3.15. The first-order valence-corrected chi connectivity index (χ1v) is 11.4. The predicted octanol–water partition coefficient (Wildman–Crippen LogP) is 2.05. The molecule has 0 spiro atoms. The van der Waals surface area contributed by atoms with Crippen molar-refractivity contribution in [1.29, 1.82) is 0 Å². The fourth-order valence-electron chi connectivity index (χ4n) is 5.26. The molecule has 1 unspecified atom stereocenters. The second-order valence-electron chi connectivity index (χ2n) is 9.16. The summed E-state index contributed by atoms with van der Waals surface area (Å²) in [7, 11) is 7.43. The highest BCUT2D eigenvalue weighted by Gasteiger charge is 2.46. The summed E-state index contributed by atoms with van der Waals surface area (Å²) < 4.78 is 16.2. The Hall–Kier alpha value is -2.24. The molecule has 1 saturated heterocycles. The van der Waals surface area contributed by atoms with Crippen LogP contribution in [0.15, 0.2) is 42.5 Å². The number of rotatable bonds is 9. The molecule has 3 N–H and O–H groups in total. The van der Waals surface area contributed by atoms with E-state index < -0.39 is 0 Å². The van der Waals surface area contributed by atoms with Crippen LogP contribution < -0.4 is 24.4 Å². The van der Waals surface area contributed by atoms with E-state index >= 15 is 0 Å². The Morgan fingerprint density at radius 3 is 2.32 bits per heavy atom. The van der Waals surface area contributed by atoms with Crippen LogP contribution in [0.25, 0.3) is 0 Å². The SMILES string of the molecule is COc1ccc([C@]2(CC[NH2+]Cc3ccc(OC)c(OC)c3)C[C@@H](C)[NH+](C)C[C@H]2C)cc1. The summed E-state index contributed by atoms with van der Waals surface area (Å²) in [5.41, 5.74) is 2.92. The van der Waals surface area contributed by atoms with Gasteiger partial charge in [-0.2, -0.15) is 0 Å². The van der Waals surface area contributed by atoms with Gasteiger partial charge in [0.1, 0.15) is 12.3 Å². The second kappa shape index (κ2) is 10.4. The molecule has 170 valence electrons. The minimum absolute atomic E-state index is 0.208. The minimum atomic E-state index is 0.208. The number of hydrogen-bond donors (Lipinski definition) is 2. The molecular formula is C26H40N2O3+2. The van der Waals surface area contributed by atoms with Gasteiger partial charge in [-0.1, -0.05) is 19.1 Å². The van der Waals surface area contributed by atoms with Gasteiger partial charge in [0.15, 0.2) is 11.5 Å². The van der Waals surface area contributed by atoms with Crippen molar-refractivity contribution < 1.29 is 24.4 Å². The molecule has 0 saturated carbocycles. The summed E-state index contributed by atoms with van der Waals surface area (Å²) in [6, 6.07) is 15.7. The first kappa shape index (κ1) is 23.4. The van der Waals surface area contributed by atoms with Gasteiger partial charge in [-0.3, -0.25) is 0 Å². The normalized spacial score (nSPS) is 25.8. The van der Waals surface area contributed by atoms with Crippen molar-refractivity contribution in [2.24, 2.45) is 5.92 Å². The largest absolute Gasteiger partial charge is 0.497 e. The number of nitrogens with one attached hydrogen (secondary N) is 1. The summed E-state index contributed by atoms with van der Waals surface area (Å²) in [4.78, 5) is 1.64. The third-order valence-corrected chi connectivity index (χ3v) is 7.37. The van der Waals surface area contributed by atoms with Crippen LogP contribution >= 0.6 is 0 Å². The molecule has 0 aliphatic carbocycles. The third kappa shape index (κ3) is 5.16. The molecule has 2 aromatic rings. The van der Waals surface area contributed by atoms with Gasteiger partial charge in [-0.05, 0) is 42.8 Å². The molecule has 3 rings (SSSR count). The summed E-state index contributed by atoms with van der Waals surface area (Å²) >= 11 is 0.